The highest BCUT2D eigenvalue weighted by atomic mass is 32.1. The predicted octanol–water partition coefficient (Wildman–Crippen LogP) is 4.04. The second-order valence-corrected chi connectivity index (χ2v) is 7.24. The molecular formula is C16H22N2OS. The normalized spacial score (nSPS) is 13.8. The Hall–Kier alpha value is -1.26. The van der Waals surface area contributed by atoms with Crippen molar-refractivity contribution in [2.24, 2.45) is 0 Å². The molecule has 108 valence electrons. The van der Waals surface area contributed by atoms with Crippen molar-refractivity contribution in [2.45, 2.75) is 52.1 Å². The maximum Gasteiger partial charge on any atom is 0.117 e. The van der Waals surface area contributed by atoms with Crippen LogP contribution in [0.1, 0.15) is 68.3 Å². The van der Waals surface area contributed by atoms with E-state index in [1.165, 1.54) is 17.1 Å². The summed E-state index contributed by atoms with van der Waals surface area (Å²) in [6, 6.07) is 8.16. The van der Waals surface area contributed by atoms with E-state index in [-0.39, 0.29) is 11.3 Å². The second kappa shape index (κ2) is 5.62. The Morgan fingerprint density at radius 1 is 1.10 bits per heavy atom. The summed E-state index contributed by atoms with van der Waals surface area (Å²) in [6.45, 7) is 10.7. The fourth-order valence-electron chi connectivity index (χ4n) is 2.11. The minimum atomic E-state index is -0.638. The second-order valence-electron chi connectivity index (χ2n) is 6.45. The molecule has 1 aromatic heterocycles. The third-order valence-electron chi connectivity index (χ3n) is 3.43. The summed E-state index contributed by atoms with van der Waals surface area (Å²) in [5, 5.41) is 14.7. The third-order valence-corrected chi connectivity index (χ3v) is 4.22. The van der Waals surface area contributed by atoms with E-state index in [0.717, 1.165) is 16.1 Å². The summed E-state index contributed by atoms with van der Waals surface area (Å²) < 4.78 is 3.98. The van der Waals surface area contributed by atoms with Crippen molar-refractivity contribution >= 4 is 11.5 Å². The zero-order valence-electron chi connectivity index (χ0n) is 12.7. The molecule has 0 radical (unpaired) electrons. The van der Waals surface area contributed by atoms with Gasteiger partial charge in [-0.25, -0.2) is 0 Å². The maximum atomic E-state index is 10.5. The Bertz CT molecular complexity index is 567. The number of hydrogen-bond acceptors (Lipinski definition) is 4. The SMILES string of the molecule is CC(C)c1nnsc1C(O)c1ccc(C(C)(C)C)cc1. The van der Waals surface area contributed by atoms with E-state index < -0.39 is 6.10 Å². The van der Waals surface area contributed by atoms with Crippen LogP contribution >= 0.6 is 11.5 Å². The van der Waals surface area contributed by atoms with E-state index in [9.17, 15) is 5.11 Å². The van der Waals surface area contributed by atoms with Gasteiger partial charge >= 0.3 is 0 Å². The molecule has 0 aliphatic rings. The van der Waals surface area contributed by atoms with E-state index in [2.05, 4.69) is 56.3 Å². The number of aromatic nitrogens is 2. The third kappa shape index (κ3) is 3.07. The van der Waals surface area contributed by atoms with Crippen LogP contribution in [0.2, 0.25) is 0 Å². The molecule has 0 fully saturated rings. The fourth-order valence-corrected chi connectivity index (χ4v) is 2.93. The van der Waals surface area contributed by atoms with Gasteiger partial charge in [0, 0.05) is 0 Å². The van der Waals surface area contributed by atoms with E-state index in [0.29, 0.717) is 0 Å². The van der Waals surface area contributed by atoms with Crippen molar-refractivity contribution in [3.8, 4) is 0 Å². The van der Waals surface area contributed by atoms with Gasteiger partial charge in [-0.2, -0.15) is 0 Å². The van der Waals surface area contributed by atoms with E-state index >= 15 is 0 Å². The van der Waals surface area contributed by atoms with E-state index in [1.807, 2.05) is 12.1 Å². The first-order valence-electron chi connectivity index (χ1n) is 6.91. The molecule has 1 N–H and O–H groups in total. The average molecular weight is 290 g/mol. The van der Waals surface area contributed by atoms with E-state index in [4.69, 9.17) is 0 Å². The highest BCUT2D eigenvalue weighted by molar-refractivity contribution is 7.05. The number of nitrogens with zero attached hydrogens (tertiary/aromatic N) is 2. The van der Waals surface area contributed by atoms with Crippen LogP contribution < -0.4 is 0 Å². The molecule has 0 spiro atoms. The zero-order valence-corrected chi connectivity index (χ0v) is 13.5. The predicted molar refractivity (Wildman–Crippen MR) is 83.2 cm³/mol. The minimum absolute atomic E-state index is 0.124. The van der Waals surface area contributed by atoms with Crippen LogP contribution in [0.25, 0.3) is 0 Å². The van der Waals surface area contributed by atoms with Gasteiger partial charge in [-0.3, -0.25) is 0 Å². The van der Waals surface area contributed by atoms with Gasteiger partial charge in [0.1, 0.15) is 6.10 Å². The molecule has 2 rings (SSSR count). The van der Waals surface area contributed by atoms with Crippen LogP contribution in [0.5, 0.6) is 0 Å². The smallest absolute Gasteiger partial charge is 0.117 e. The van der Waals surface area contributed by atoms with Gasteiger partial charge in [0.05, 0.1) is 10.6 Å². The van der Waals surface area contributed by atoms with Gasteiger partial charge in [0.15, 0.2) is 0 Å². The standard InChI is InChI=1S/C16H22N2OS/c1-10(2)13-15(20-18-17-13)14(19)11-6-8-12(9-7-11)16(3,4)5/h6-10,14,19H,1-5H3. The minimum Gasteiger partial charge on any atom is -0.383 e. The first-order valence-corrected chi connectivity index (χ1v) is 7.68. The molecular weight excluding hydrogens is 268 g/mol. The monoisotopic (exact) mass is 290 g/mol. The molecule has 2 aromatic rings. The van der Waals surface area contributed by atoms with Crippen LogP contribution in [-0.4, -0.2) is 14.7 Å². The van der Waals surface area contributed by atoms with Gasteiger partial charge in [0.25, 0.3) is 0 Å². The molecule has 0 aliphatic carbocycles. The zero-order chi connectivity index (χ0) is 14.9. The number of rotatable bonds is 3. The molecule has 0 saturated heterocycles. The molecule has 20 heavy (non-hydrogen) atoms. The summed E-state index contributed by atoms with van der Waals surface area (Å²) >= 11 is 1.28. The van der Waals surface area contributed by atoms with Crippen LogP contribution in [0.3, 0.4) is 0 Å². The maximum absolute atomic E-state index is 10.5. The molecule has 1 aromatic carbocycles. The quantitative estimate of drug-likeness (QED) is 0.928. The van der Waals surface area contributed by atoms with Crippen molar-refractivity contribution in [2.75, 3.05) is 0 Å². The molecule has 1 heterocycles. The lowest BCUT2D eigenvalue weighted by atomic mass is 9.86. The van der Waals surface area contributed by atoms with Gasteiger partial charge in [0.2, 0.25) is 0 Å². The lowest BCUT2D eigenvalue weighted by Crippen LogP contribution is -2.11. The highest BCUT2D eigenvalue weighted by Crippen LogP contribution is 2.31. The number of aliphatic hydroxyl groups is 1. The summed E-state index contributed by atoms with van der Waals surface area (Å²) in [6.07, 6.45) is -0.638. The van der Waals surface area contributed by atoms with E-state index in [1.54, 1.807) is 0 Å². The van der Waals surface area contributed by atoms with Crippen molar-refractivity contribution in [3.63, 3.8) is 0 Å². The van der Waals surface area contributed by atoms with Crippen molar-refractivity contribution in [3.05, 3.63) is 46.0 Å². The van der Waals surface area contributed by atoms with Crippen LogP contribution in [-0.2, 0) is 5.41 Å². The molecule has 1 unspecified atom stereocenters. The van der Waals surface area contributed by atoms with Crippen LogP contribution in [0.15, 0.2) is 24.3 Å². The molecule has 3 nitrogen and oxygen atoms in total. The highest BCUT2D eigenvalue weighted by Gasteiger charge is 2.21. The average Bonchev–Trinajstić information content (AvgIpc) is 2.86. The molecule has 0 aliphatic heterocycles. The van der Waals surface area contributed by atoms with Gasteiger partial charge in [-0.05, 0) is 34.0 Å². The summed E-state index contributed by atoms with van der Waals surface area (Å²) in [5.74, 6) is 0.271. The van der Waals surface area contributed by atoms with Crippen molar-refractivity contribution in [1.29, 1.82) is 0 Å². The van der Waals surface area contributed by atoms with Gasteiger partial charge < -0.3 is 5.11 Å². The Balaban J connectivity index is 2.29. The lowest BCUT2D eigenvalue weighted by Gasteiger charge is -2.20. The Kier molecular flexibility index (Phi) is 4.25. The first kappa shape index (κ1) is 15.1. The Morgan fingerprint density at radius 2 is 1.70 bits per heavy atom. The molecule has 0 saturated carbocycles. The summed E-state index contributed by atoms with van der Waals surface area (Å²) in [4.78, 5) is 0.850. The lowest BCUT2D eigenvalue weighted by molar-refractivity contribution is 0.222. The van der Waals surface area contributed by atoms with Crippen molar-refractivity contribution in [1.82, 2.24) is 9.59 Å². The first-order chi connectivity index (χ1) is 9.30. The topological polar surface area (TPSA) is 46.0 Å². The number of aliphatic hydroxyl groups excluding tert-OH is 1. The molecule has 0 bridgehead atoms. The van der Waals surface area contributed by atoms with Gasteiger partial charge in [-0.1, -0.05) is 63.4 Å². The van der Waals surface area contributed by atoms with Gasteiger partial charge in [-0.15, -0.1) is 5.10 Å². The molecule has 1 atom stereocenters. The Labute approximate surface area is 124 Å². The number of hydrogen-bond donors (Lipinski definition) is 1. The van der Waals surface area contributed by atoms with Crippen LogP contribution in [0.4, 0.5) is 0 Å². The van der Waals surface area contributed by atoms with Crippen LogP contribution in [0, 0.1) is 0 Å². The molecule has 4 heteroatoms. The summed E-state index contributed by atoms with van der Waals surface area (Å²) in [5.41, 5.74) is 3.17. The molecule has 0 amide bonds. The largest absolute Gasteiger partial charge is 0.383 e. The van der Waals surface area contributed by atoms with Crippen molar-refractivity contribution < 1.29 is 5.11 Å². The Morgan fingerprint density at radius 3 is 2.20 bits per heavy atom. The number of benzene rings is 1. The summed E-state index contributed by atoms with van der Waals surface area (Å²) in [7, 11) is 0. The fraction of sp³-hybridized carbons (Fsp3) is 0.500.